The maximum atomic E-state index is 14.3. The van der Waals surface area contributed by atoms with E-state index in [1.807, 2.05) is 30.3 Å². The Morgan fingerprint density at radius 1 is 0.953 bits per heavy atom. The number of likely N-dealkylation sites (tertiary alicyclic amines) is 2. The largest absolute Gasteiger partial charge is 0.324 e. The van der Waals surface area contributed by atoms with E-state index in [9.17, 15) is 9.59 Å². The lowest BCUT2D eigenvalue weighted by Crippen LogP contribution is -2.57. The van der Waals surface area contributed by atoms with Gasteiger partial charge in [-0.25, -0.2) is 9.78 Å². The zero-order valence-electron chi connectivity index (χ0n) is 25.5. The molecule has 3 heterocycles. The number of nitrogens with one attached hydrogen (secondary N) is 1. The lowest BCUT2D eigenvalue weighted by molar-refractivity contribution is 0.0203. The number of hydrogen-bond acceptors (Lipinski definition) is 4. The predicted molar refractivity (Wildman–Crippen MR) is 170 cm³/mol. The van der Waals surface area contributed by atoms with Crippen molar-refractivity contribution in [3.63, 3.8) is 0 Å². The van der Waals surface area contributed by atoms with E-state index in [1.54, 1.807) is 17.0 Å². The molecule has 2 saturated heterocycles. The third kappa shape index (κ3) is 5.88. The number of amides is 2. The number of aromatic nitrogens is 2. The molecule has 2 aromatic carbocycles. The number of nitrogens with zero attached hydrogens (tertiary/aromatic N) is 4. The molecule has 7 nitrogen and oxygen atoms in total. The van der Waals surface area contributed by atoms with Crippen molar-refractivity contribution in [2.75, 3.05) is 19.6 Å². The van der Waals surface area contributed by atoms with Crippen LogP contribution in [0.4, 0.5) is 4.79 Å². The van der Waals surface area contributed by atoms with Crippen molar-refractivity contribution in [2.24, 2.45) is 11.3 Å². The van der Waals surface area contributed by atoms with E-state index in [4.69, 9.17) is 0 Å². The van der Waals surface area contributed by atoms with Gasteiger partial charge in [0.15, 0.2) is 0 Å². The summed E-state index contributed by atoms with van der Waals surface area (Å²) in [5.41, 5.74) is 3.27. The molecule has 1 aromatic heterocycles. The van der Waals surface area contributed by atoms with Gasteiger partial charge >= 0.3 is 6.03 Å². The summed E-state index contributed by atoms with van der Waals surface area (Å²) in [4.78, 5) is 36.5. The van der Waals surface area contributed by atoms with Crippen LogP contribution in [0.5, 0.6) is 0 Å². The fourth-order valence-electron chi connectivity index (χ4n) is 8.19. The van der Waals surface area contributed by atoms with Crippen LogP contribution in [0.1, 0.15) is 76.3 Å². The van der Waals surface area contributed by atoms with Gasteiger partial charge < -0.3 is 15.1 Å². The minimum absolute atomic E-state index is 0.00254. The first kappa shape index (κ1) is 28.3. The maximum absolute atomic E-state index is 14.3. The zero-order chi connectivity index (χ0) is 29.4. The third-order valence-corrected chi connectivity index (χ3v) is 10.9. The Labute approximate surface area is 255 Å². The van der Waals surface area contributed by atoms with Gasteiger partial charge in [-0.1, -0.05) is 73.5 Å². The van der Waals surface area contributed by atoms with E-state index in [-0.39, 0.29) is 28.6 Å². The van der Waals surface area contributed by atoms with Gasteiger partial charge in [-0.3, -0.25) is 9.36 Å². The average molecular weight is 580 g/mol. The van der Waals surface area contributed by atoms with Crippen LogP contribution in [0.2, 0.25) is 0 Å². The van der Waals surface area contributed by atoms with Crippen LogP contribution in [0.3, 0.4) is 0 Å². The molecule has 2 aliphatic heterocycles. The molecule has 2 amide bonds. The summed E-state index contributed by atoms with van der Waals surface area (Å²) in [5, 5.41) is 3.91. The molecule has 2 saturated carbocycles. The van der Waals surface area contributed by atoms with Crippen molar-refractivity contribution < 1.29 is 4.79 Å². The van der Waals surface area contributed by atoms with E-state index in [1.165, 1.54) is 31.2 Å². The number of piperidine rings is 2. The number of carbonyl (C=O) groups is 1. The molecule has 43 heavy (non-hydrogen) atoms. The first-order chi connectivity index (χ1) is 20.9. The molecule has 3 aromatic rings. The molecule has 4 fully saturated rings. The zero-order valence-corrected chi connectivity index (χ0v) is 25.5. The molecule has 1 N–H and O–H groups in total. The molecule has 2 aliphatic carbocycles. The predicted octanol–water partition coefficient (Wildman–Crippen LogP) is 6.26. The highest BCUT2D eigenvalue weighted by molar-refractivity contribution is 5.75. The molecule has 4 aliphatic rings. The highest BCUT2D eigenvalue weighted by Crippen LogP contribution is 2.49. The van der Waals surface area contributed by atoms with Crippen molar-refractivity contribution in [1.82, 2.24) is 24.7 Å². The summed E-state index contributed by atoms with van der Waals surface area (Å²) in [6.07, 6.45) is 11.7. The van der Waals surface area contributed by atoms with Crippen LogP contribution < -0.4 is 10.9 Å². The van der Waals surface area contributed by atoms with Crippen LogP contribution >= 0.6 is 0 Å². The van der Waals surface area contributed by atoms with Crippen LogP contribution in [-0.4, -0.2) is 56.6 Å². The van der Waals surface area contributed by atoms with E-state index < -0.39 is 0 Å². The third-order valence-electron chi connectivity index (χ3n) is 10.9. The second kappa shape index (κ2) is 11.6. The smallest absolute Gasteiger partial charge is 0.320 e. The number of carbonyl (C=O) groups excluding carboxylic acids is 1. The van der Waals surface area contributed by atoms with Gasteiger partial charge in [0.2, 0.25) is 0 Å². The first-order valence-electron chi connectivity index (χ1n) is 16.4. The summed E-state index contributed by atoms with van der Waals surface area (Å²) in [6, 6.07) is 22.9. The second-order valence-electron chi connectivity index (χ2n) is 13.9. The first-order valence-corrected chi connectivity index (χ1v) is 16.4. The minimum Gasteiger partial charge on any atom is -0.324 e. The summed E-state index contributed by atoms with van der Waals surface area (Å²) >= 11 is 0. The van der Waals surface area contributed by atoms with Gasteiger partial charge in [-0.15, -0.1) is 0 Å². The fraction of sp³-hybridized carbons (Fsp3) is 0.528. The maximum Gasteiger partial charge on any atom is 0.320 e. The van der Waals surface area contributed by atoms with E-state index >= 15 is 0 Å². The van der Waals surface area contributed by atoms with Crippen molar-refractivity contribution >= 4 is 6.03 Å². The molecule has 7 heteroatoms. The van der Waals surface area contributed by atoms with Gasteiger partial charge in [0.25, 0.3) is 5.56 Å². The van der Waals surface area contributed by atoms with Crippen LogP contribution in [0.25, 0.3) is 11.3 Å². The molecule has 226 valence electrons. The quantitative estimate of drug-likeness (QED) is 0.374. The topological polar surface area (TPSA) is 70.5 Å². The minimum atomic E-state index is 0.00254. The van der Waals surface area contributed by atoms with Crippen molar-refractivity contribution in [3.8, 4) is 11.3 Å². The number of benzene rings is 2. The molecule has 3 atom stereocenters. The second-order valence-corrected chi connectivity index (χ2v) is 13.9. The fourth-order valence-corrected chi connectivity index (χ4v) is 8.19. The molecule has 1 unspecified atom stereocenters. The van der Waals surface area contributed by atoms with Gasteiger partial charge in [-0.05, 0) is 68.8 Å². The highest BCUT2D eigenvalue weighted by Gasteiger charge is 2.48. The monoisotopic (exact) mass is 579 g/mol. The summed E-state index contributed by atoms with van der Waals surface area (Å²) in [6.45, 7) is 5.32. The Balaban J connectivity index is 1.07. The Hall–Kier alpha value is -3.45. The van der Waals surface area contributed by atoms with Crippen molar-refractivity contribution in [2.45, 2.75) is 88.9 Å². The van der Waals surface area contributed by atoms with Crippen molar-refractivity contribution in [1.29, 1.82) is 0 Å². The SMILES string of the molecule is CC1(N[C@@H]2CCN(C(=O)N3CC[C@@H](Cn4cnc(-c5ccccc5)cc4=O)C4(CCCC4)C3)C(c3ccccc3)C2)CC1. The number of rotatable bonds is 6. The standard InChI is InChI=1S/C36H45N5O2/c1-35(18-19-35)38-30-15-21-41(32(22-30)28-12-6-3-7-13-28)34(43)39-20-14-29(36(25-39)16-8-9-17-36)24-40-26-37-31(23-33(40)42)27-10-4-2-5-11-27/h2-7,10-13,23,26,29-30,32,38H,8-9,14-22,24-25H2,1H3/t29-,30+,32?/m0/s1. The van der Waals surface area contributed by atoms with Crippen molar-refractivity contribution in [3.05, 3.63) is 89.0 Å². The average Bonchev–Trinajstić information content (AvgIpc) is 3.58. The Morgan fingerprint density at radius 2 is 1.67 bits per heavy atom. The Kier molecular flexibility index (Phi) is 7.62. The normalized spacial score (nSPS) is 26.0. The van der Waals surface area contributed by atoms with Gasteiger partial charge in [0, 0.05) is 49.4 Å². The lowest BCUT2D eigenvalue weighted by Gasteiger charge is -2.49. The van der Waals surface area contributed by atoms with E-state index in [0.717, 1.165) is 63.0 Å². The summed E-state index contributed by atoms with van der Waals surface area (Å²) in [5.74, 6) is 0.361. The van der Waals surface area contributed by atoms with Crippen LogP contribution in [0.15, 0.2) is 77.9 Å². The highest BCUT2D eigenvalue weighted by atomic mass is 16.2. The van der Waals surface area contributed by atoms with Crippen LogP contribution in [-0.2, 0) is 6.54 Å². The molecule has 1 spiro atoms. The number of hydrogen-bond donors (Lipinski definition) is 1. The Bertz CT molecular complexity index is 1480. The van der Waals surface area contributed by atoms with E-state index in [2.05, 4.69) is 57.4 Å². The Morgan fingerprint density at radius 3 is 2.37 bits per heavy atom. The molecule has 0 radical (unpaired) electrons. The van der Waals surface area contributed by atoms with Gasteiger partial charge in [0.05, 0.1) is 18.1 Å². The van der Waals surface area contributed by atoms with Crippen LogP contribution in [0, 0.1) is 11.3 Å². The molecule has 7 rings (SSSR count). The number of urea groups is 1. The van der Waals surface area contributed by atoms with E-state index in [0.29, 0.717) is 18.5 Å². The van der Waals surface area contributed by atoms with Gasteiger partial charge in [-0.2, -0.15) is 0 Å². The molecule has 0 bridgehead atoms. The summed E-state index contributed by atoms with van der Waals surface area (Å²) in [7, 11) is 0. The lowest BCUT2D eigenvalue weighted by atomic mass is 9.69. The molecular formula is C36H45N5O2. The molecular weight excluding hydrogens is 534 g/mol. The summed E-state index contributed by atoms with van der Waals surface area (Å²) < 4.78 is 1.80. The van der Waals surface area contributed by atoms with Gasteiger partial charge in [0.1, 0.15) is 0 Å².